The standard InChI is InChI=1S/C28H28N2O4S/c1-32-21-13-11-20(12-14-21)27-17-28(31)30(23-7-2-5-10-26(23)35-27)16-6-15-29-18-22-19-33-24-8-3-4-9-25(24)34-22/h2-5,7-14,17,22,29H,6,15-16,18-19H2,1H3/t22-/m0/s1. The van der Waals surface area contributed by atoms with Crippen LogP contribution in [0.15, 0.2) is 83.8 Å². The zero-order valence-electron chi connectivity index (χ0n) is 19.6. The number of hydrogen-bond acceptors (Lipinski definition) is 6. The third-order valence-corrected chi connectivity index (χ3v) is 7.08. The van der Waals surface area contributed by atoms with Gasteiger partial charge in [-0.05, 0) is 54.9 Å². The predicted octanol–water partition coefficient (Wildman–Crippen LogP) is 4.99. The number of fused-ring (bicyclic) bond motifs is 2. The summed E-state index contributed by atoms with van der Waals surface area (Å²) in [6.45, 7) is 2.62. The van der Waals surface area contributed by atoms with E-state index in [0.717, 1.165) is 51.3 Å². The fourth-order valence-corrected chi connectivity index (χ4v) is 5.22. The van der Waals surface area contributed by atoms with Crippen LogP contribution in [0.1, 0.15) is 12.0 Å². The number of ether oxygens (including phenoxy) is 3. The molecule has 2 aliphatic rings. The van der Waals surface area contributed by atoms with E-state index in [0.29, 0.717) is 19.7 Å². The number of carbonyl (C=O) groups excluding carboxylic acids is 1. The Balaban J connectivity index is 1.20. The van der Waals surface area contributed by atoms with E-state index in [1.54, 1.807) is 24.9 Å². The summed E-state index contributed by atoms with van der Waals surface area (Å²) in [5.41, 5.74) is 1.95. The summed E-state index contributed by atoms with van der Waals surface area (Å²) in [7, 11) is 1.65. The van der Waals surface area contributed by atoms with Crippen LogP contribution < -0.4 is 24.4 Å². The van der Waals surface area contributed by atoms with Crippen molar-refractivity contribution in [1.82, 2.24) is 5.32 Å². The van der Waals surface area contributed by atoms with Gasteiger partial charge in [0.05, 0.1) is 12.8 Å². The Hall–Kier alpha value is -3.42. The molecular formula is C28H28N2O4S. The van der Waals surface area contributed by atoms with Crippen molar-refractivity contribution in [3.8, 4) is 17.2 Å². The fraction of sp³-hybridized carbons (Fsp3) is 0.250. The number of nitrogens with zero attached hydrogens (tertiary/aromatic N) is 1. The lowest BCUT2D eigenvalue weighted by molar-refractivity contribution is -0.114. The highest BCUT2D eigenvalue weighted by atomic mass is 32.2. The number of para-hydroxylation sites is 3. The molecule has 3 aromatic carbocycles. The summed E-state index contributed by atoms with van der Waals surface area (Å²) < 4.78 is 17.1. The quantitative estimate of drug-likeness (QED) is 0.451. The maximum Gasteiger partial charge on any atom is 0.252 e. The topological polar surface area (TPSA) is 60.0 Å². The van der Waals surface area contributed by atoms with Gasteiger partial charge in [0.2, 0.25) is 0 Å². The summed E-state index contributed by atoms with van der Waals surface area (Å²) in [5, 5.41) is 3.45. The van der Waals surface area contributed by atoms with Crippen LogP contribution in [0, 0.1) is 0 Å². The van der Waals surface area contributed by atoms with Crippen molar-refractivity contribution in [3.05, 3.63) is 84.4 Å². The van der Waals surface area contributed by atoms with E-state index in [1.165, 1.54) is 0 Å². The van der Waals surface area contributed by atoms with Gasteiger partial charge in [-0.15, -0.1) is 0 Å². The Kier molecular flexibility index (Phi) is 7.25. The Morgan fingerprint density at radius 3 is 2.63 bits per heavy atom. The first-order valence-corrected chi connectivity index (χ1v) is 12.6. The second-order valence-corrected chi connectivity index (χ2v) is 9.44. The van der Waals surface area contributed by atoms with E-state index in [2.05, 4.69) is 11.4 Å². The molecular weight excluding hydrogens is 460 g/mol. The number of amides is 1. The number of hydrogen-bond donors (Lipinski definition) is 1. The van der Waals surface area contributed by atoms with Gasteiger partial charge in [0.15, 0.2) is 11.5 Å². The van der Waals surface area contributed by atoms with Crippen LogP contribution in [0.4, 0.5) is 5.69 Å². The fourth-order valence-electron chi connectivity index (χ4n) is 4.14. The second kappa shape index (κ2) is 10.9. The highest BCUT2D eigenvalue weighted by Gasteiger charge is 2.24. The van der Waals surface area contributed by atoms with Crippen molar-refractivity contribution in [2.45, 2.75) is 17.4 Å². The van der Waals surface area contributed by atoms with Crippen molar-refractivity contribution in [2.24, 2.45) is 0 Å². The van der Waals surface area contributed by atoms with Crippen molar-refractivity contribution in [1.29, 1.82) is 0 Å². The first kappa shape index (κ1) is 23.3. The maximum absolute atomic E-state index is 13.3. The van der Waals surface area contributed by atoms with E-state index >= 15 is 0 Å². The molecule has 0 unspecified atom stereocenters. The lowest BCUT2D eigenvalue weighted by Crippen LogP contribution is -2.39. The van der Waals surface area contributed by atoms with E-state index in [4.69, 9.17) is 14.2 Å². The van der Waals surface area contributed by atoms with Gasteiger partial charge in [0, 0.05) is 29.0 Å². The van der Waals surface area contributed by atoms with Gasteiger partial charge in [-0.25, -0.2) is 0 Å². The molecule has 3 aromatic rings. The third-order valence-electron chi connectivity index (χ3n) is 5.95. The molecule has 2 aliphatic heterocycles. The molecule has 0 bridgehead atoms. The van der Waals surface area contributed by atoms with Gasteiger partial charge in [0.25, 0.3) is 5.91 Å². The molecule has 0 spiro atoms. The smallest absolute Gasteiger partial charge is 0.252 e. The average Bonchev–Trinajstić information content (AvgIpc) is 3.04. The number of thioether (sulfide) groups is 1. The molecule has 0 radical (unpaired) electrons. The number of rotatable bonds is 8. The minimum atomic E-state index is -0.0307. The molecule has 1 atom stereocenters. The van der Waals surface area contributed by atoms with Gasteiger partial charge >= 0.3 is 0 Å². The zero-order chi connectivity index (χ0) is 24.0. The van der Waals surface area contributed by atoms with Crippen molar-refractivity contribution in [3.63, 3.8) is 0 Å². The summed E-state index contributed by atoms with van der Waals surface area (Å²) in [4.78, 5) is 17.1. The molecule has 5 rings (SSSR count). The normalized spacial score (nSPS) is 16.8. The monoisotopic (exact) mass is 488 g/mol. The van der Waals surface area contributed by atoms with Gasteiger partial charge in [-0.1, -0.05) is 48.2 Å². The van der Waals surface area contributed by atoms with E-state index in [9.17, 15) is 4.79 Å². The largest absolute Gasteiger partial charge is 0.497 e. The Morgan fingerprint density at radius 1 is 1.03 bits per heavy atom. The van der Waals surface area contributed by atoms with Crippen LogP contribution in [-0.2, 0) is 4.79 Å². The highest BCUT2D eigenvalue weighted by molar-refractivity contribution is 8.08. The minimum Gasteiger partial charge on any atom is -0.497 e. The first-order chi connectivity index (χ1) is 17.2. The number of anilines is 1. The molecule has 7 heteroatoms. The lowest BCUT2D eigenvalue weighted by atomic mass is 10.2. The van der Waals surface area contributed by atoms with Gasteiger partial charge in [0.1, 0.15) is 18.5 Å². The average molecular weight is 489 g/mol. The summed E-state index contributed by atoms with van der Waals surface area (Å²) in [6, 6.07) is 23.6. The van der Waals surface area contributed by atoms with Crippen LogP contribution in [-0.4, -0.2) is 45.4 Å². The third kappa shape index (κ3) is 5.47. The molecule has 180 valence electrons. The Morgan fingerprint density at radius 2 is 1.80 bits per heavy atom. The SMILES string of the molecule is COc1ccc(C2=CC(=O)N(CCCNC[C@H]3COc4ccccc4O3)c3ccccc3S2)cc1. The summed E-state index contributed by atoms with van der Waals surface area (Å²) in [6.07, 6.45) is 2.53. The maximum atomic E-state index is 13.3. The molecule has 0 saturated heterocycles. The molecule has 2 heterocycles. The molecule has 0 saturated carbocycles. The predicted molar refractivity (Wildman–Crippen MR) is 139 cm³/mol. The van der Waals surface area contributed by atoms with Gasteiger partial charge in [-0.3, -0.25) is 4.79 Å². The molecule has 0 aliphatic carbocycles. The van der Waals surface area contributed by atoms with Crippen LogP contribution in [0.2, 0.25) is 0 Å². The van der Waals surface area contributed by atoms with Crippen molar-refractivity contribution >= 4 is 28.3 Å². The van der Waals surface area contributed by atoms with Crippen molar-refractivity contribution < 1.29 is 19.0 Å². The molecule has 1 amide bonds. The Labute approximate surface area is 209 Å². The Bertz CT molecular complexity index is 1210. The number of benzene rings is 3. The van der Waals surface area contributed by atoms with E-state index in [-0.39, 0.29) is 12.0 Å². The minimum absolute atomic E-state index is 0.00566. The molecule has 35 heavy (non-hydrogen) atoms. The van der Waals surface area contributed by atoms with Gasteiger partial charge in [-0.2, -0.15) is 0 Å². The van der Waals surface area contributed by atoms with Crippen LogP contribution in [0.3, 0.4) is 0 Å². The van der Waals surface area contributed by atoms with E-state index in [1.807, 2.05) is 71.6 Å². The van der Waals surface area contributed by atoms with Crippen LogP contribution in [0.5, 0.6) is 17.2 Å². The summed E-state index contributed by atoms with van der Waals surface area (Å²) >= 11 is 1.62. The molecule has 6 nitrogen and oxygen atoms in total. The molecule has 0 fully saturated rings. The van der Waals surface area contributed by atoms with Crippen LogP contribution in [0.25, 0.3) is 4.91 Å². The van der Waals surface area contributed by atoms with Crippen LogP contribution >= 0.6 is 11.8 Å². The lowest BCUT2D eigenvalue weighted by Gasteiger charge is -2.27. The number of carbonyl (C=O) groups is 1. The summed E-state index contributed by atoms with van der Waals surface area (Å²) in [5.74, 6) is 2.37. The number of methoxy groups -OCH3 is 1. The second-order valence-electron chi connectivity index (χ2n) is 8.35. The molecule has 1 N–H and O–H groups in total. The highest BCUT2D eigenvalue weighted by Crippen LogP contribution is 2.42. The first-order valence-electron chi connectivity index (χ1n) is 11.7. The number of nitrogens with one attached hydrogen (secondary N) is 1. The zero-order valence-corrected chi connectivity index (χ0v) is 20.4. The van der Waals surface area contributed by atoms with Gasteiger partial charge < -0.3 is 24.4 Å². The molecule has 0 aromatic heterocycles. The van der Waals surface area contributed by atoms with Crippen molar-refractivity contribution in [2.75, 3.05) is 38.3 Å². The van der Waals surface area contributed by atoms with E-state index < -0.39 is 0 Å².